The van der Waals surface area contributed by atoms with E-state index in [0.29, 0.717) is 5.69 Å². The molecule has 2 aromatic rings. The largest absolute Gasteiger partial charge is 0.269 e. The summed E-state index contributed by atoms with van der Waals surface area (Å²) in [4.78, 5) is 11.2. The first kappa shape index (κ1) is 9.79. The molecule has 7 heteroatoms. The number of nitro groups is 1. The van der Waals surface area contributed by atoms with Crippen molar-refractivity contribution >= 4 is 5.69 Å². The molecule has 0 saturated carbocycles. The van der Waals surface area contributed by atoms with Crippen LogP contribution in [0.25, 0.3) is 5.69 Å². The summed E-state index contributed by atoms with van der Waals surface area (Å²) in [5.41, 5.74) is 0.752. The molecule has 7 nitrogen and oxygen atoms in total. The van der Waals surface area contributed by atoms with Gasteiger partial charge in [-0.3, -0.25) is 10.1 Å². The third kappa shape index (κ3) is 1.72. The monoisotopic (exact) mass is 215 g/mol. The molecule has 0 fully saturated rings. The summed E-state index contributed by atoms with van der Waals surface area (Å²) in [7, 11) is 0. The predicted octanol–water partition coefficient (Wildman–Crippen LogP) is 1.05. The Morgan fingerprint density at radius 1 is 1.38 bits per heavy atom. The molecule has 0 saturated heterocycles. The maximum Gasteiger partial charge on any atom is 0.269 e. The van der Waals surface area contributed by atoms with E-state index in [0.717, 1.165) is 0 Å². The highest BCUT2D eigenvalue weighted by Crippen LogP contribution is 2.13. The molecule has 0 spiro atoms. The zero-order valence-electron chi connectivity index (χ0n) is 7.94. The van der Waals surface area contributed by atoms with Crippen molar-refractivity contribution < 1.29 is 4.92 Å². The van der Waals surface area contributed by atoms with Crippen LogP contribution in [0.5, 0.6) is 0 Å². The number of rotatable bonds is 2. The van der Waals surface area contributed by atoms with Gasteiger partial charge in [0, 0.05) is 12.1 Å². The van der Waals surface area contributed by atoms with E-state index < -0.39 is 4.92 Å². The summed E-state index contributed by atoms with van der Waals surface area (Å²) >= 11 is 0. The van der Waals surface area contributed by atoms with Crippen molar-refractivity contribution in [3.05, 3.63) is 46.3 Å². The number of aromatic nitrogens is 3. The van der Waals surface area contributed by atoms with Crippen molar-refractivity contribution in [2.24, 2.45) is 0 Å². The van der Waals surface area contributed by atoms with Crippen LogP contribution >= 0.6 is 0 Å². The molecule has 16 heavy (non-hydrogen) atoms. The fourth-order valence-electron chi connectivity index (χ4n) is 1.15. The van der Waals surface area contributed by atoms with Gasteiger partial charge in [-0.2, -0.15) is 15.2 Å². The Labute approximate surface area is 89.7 Å². The first-order valence-corrected chi connectivity index (χ1v) is 4.28. The van der Waals surface area contributed by atoms with Crippen LogP contribution in [0.15, 0.2) is 30.5 Å². The van der Waals surface area contributed by atoms with Crippen molar-refractivity contribution in [3.63, 3.8) is 0 Å². The average molecular weight is 215 g/mol. The Morgan fingerprint density at radius 3 is 2.56 bits per heavy atom. The van der Waals surface area contributed by atoms with Crippen molar-refractivity contribution in [1.29, 1.82) is 5.26 Å². The summed E-state index contributed by atoms with van der Waals surface area (Å²) in [6.45, 7) is 0. The Morgan fingerprint density at radius 2 is 2.06 bits per heavy atom. The molecule has 1 aromatic carbocycles. The van der Waals surface area contributed by atoms with Gasteiger partial charge >= 0.3 is 0 Å². The lowest BCUT2D eigenvalue weighted by Gasteiger charge is -1.97. The molecule has 0 radical (unpaired) electrons. The minimum atomic E-state index is -0.485. The molecule has 2 rings (SSSR count). The second-order valence-corrected chi connectivity index (χ2v) is 2.90. The molecule has 1 aromatic heterocycles. The van der Waals surface area contributed by atoms with E-state index in [4.69, 9.17) is 5.26 Å². The lowest BCUT2D eigenvalue weighted by molar-refractivity contribution is -0.384. The van der Waals surface area contributed by atoms with Crippen molar-refractivity contribution in [2.75, 3.05) is 0 Å². The Balaban J connectivity index is 2.35. The highest BCUT2D eigenvalue weighted by molar-refractivity contribution is 5.39. The fraction of sp³-hybridized carbons (Fsp3) is 0. The van der Waals surface area contributed by atoms with Gasteiger partial charge in [0.15, 0.2) is 5.69 Å². The molecule has 0 aliphatic rings. The fourth-order valence-corrected chi connectivity index (χ4v) is 1.15. The summed E-state index contributed by atoms with van der Waals surface area (Å²) in [6, 6.07) is 7.57. The number of non-ortho nitro benzene ring substituents is 1. The van der Waals surface area contributed by atoms with Crippen LogP contribution in [-0.4, -0.2) is 19.9 Å². The van der Waals surface area contributed by atoms with E-state index in [1.54, 1.807) is 0 Å². The van der Waals surface area contributed by atoms with Crippen LogP contribution in [0.2, 0.25) is 0 Å². The highest BCUT2D eigenvalue weighted by atomic mass is 16.6. The smallest absolute Gasteiger partial charge is 0.258 e. The molecule has 78 valence electrons. The SMILES string of the molecule is N#Cc1cnn(-c2ccc([N+](=O)[O-])cc2)n1. The minimum absolute atomic E-state index is 0.00332. The Bertz CT molecular complexity index is 566. The van der Waals surface area contributed by atoms with Gasteiger partial charge < -0.3 is 0 Å². The van der Waals surface area contributed by atoms with Crippen LogP contribution in [-0.2, 0) is 0 Å². The summed E-state index contributed by atoms with van der Waals surface area (Å²) in [5.74, 6) is 0. The first-order valence-electron chi connectivity index (χ1n) is 4.28. The molecule has 1 heterocycles. The standard InChI is InChI=1S/C9H5N5O2/c10-5-7-6-11-13(12-7)8-1-3-9(4-2-8)14(15)16/h1-4,6H. The van der Waals surface area contributed by atoms with Crippen LogP contribution in [0.3, 0.4) is 0 Å². The molecule has 0 N–H and O–H groups in total. The number of benzene rings is 1. The topological polar surface area (TPSA) is 97.6 Å². The maximum absolute atomic E-state index is 10.4. The van der Waals surface area contributed by atoms with Gasteiger partial charge in [0.2, 0.25) is 0 Å². The quantitative estimate of drug-likeness (QED) is 0.550. The zero-order chi connectivity index (χ0) is 11.5. The van der Waals surface area contributed by atoms with Gasteiger partial charge in [-0.15, -0.1) is 5.10 Å². The highest BCUT2D eigenvalue weighted by Gasteiger charge is 2.06. The number of hydrogen-bond donors (Lipinski definition) is 0. The van der Waals surface area contributed by atoms with Gasteiger partial charge in [0.25, 0.3) is 5.69 Å². The van der Waals surface area contributed by atoms with Crippen molar-refractivity contribution in [3.8, 4) is 11.8 Å². The van der Waals surface area contributed by atoms with Crippen LogP contribution in [0, 0.1) is 21.4 Å². The molecular formula is C9H5N5O2. The van der Waals surface area contributed by atoms with Gasteiger partial charge in [-0.1, -0.05) is 0 Å². The van der Waals surface area contributed by atoms with E-state index in [-0.39, 0.29) is 11.4 Å². The lowest BCUT2D eigenvalue weighted by atomic mass is 10.3. The number of nitrogens with zero attached hydrogens (tertiary/aromatic N) is 5. The Hall–Kier alpha value is -2.75. The van der Waals surface area contributed by atoms with Crippen molar-refractivity contribution in [1.82, 2.24) is 15.0 Å². The molecule has 0 aliphatic heterocycles. The van der Waals surface area contributed by atoms with E-state index >= 15 is 0 Å². The molecule has 0 amide bonds. The molecule has 0 aliphatic carbocycles. The van der Waals surface area contributed by atoms with Gasteiger partial charge in [0.1, 0.15) is 6.07 Å². The maximum atomic E-state index is 10.4. The molecule has 0 bridgehead atoms. The normalized spacial score (nSPS) is 9.69. The van der Waals surface area contributed by atoms with Crippen LogP contribution in [0.4, 0.5) is 5.69 Å². The van der Waals surface area contributed by atoms with Crippen LogP contribution < -0.4 is 0 Å². The number of nitriles is 1. The second-order valence-electron chi connectivity index (χ2n) is 2.90. The van der Waals surface area contributed by atoms with E-state index in [9.17, 15) is 10.1 Å². The third-order valence-corrected chi connectivity index (χ3v) is 1.90. The van der Waals surface area contributed by atoms with Gasteiger partial charge in [-0.05, 0) is 12.1 Å². The summed E-state index contributed by atoms with van der Waals surface area (Å²) < 4.78 is 0. The van der Waals surface area contributed by atoms with Gasteiger partial charge in [0.05, 0.1) is 16.8 Å². The number of nitro benzene ring substituents is 1. The zero-order valence-corrected chi connectivity index (χ0v) is 7.94. The average Bonchev–Trinajstić information content (AvgIpc) is 2.77. The minimum Gasteiger partial charge on any atom is -0.258 e. The second kappa shape index (κ2) is 3.78. The van der Waals surface area contributed by atoms with E-state index in [2.05, 4.69) is 10.2 Å². The Kier molecular flexibility index (Phi) is 2.31. The first-order chi connectivity index (χ1) is 7.70. The van der Waals surface area contributed by atoms with E-state index in [1.165, 1.54) is 35.3 Å². The summed E-state index contributed by atoms with van der Waals surface area (Å²) in [6.07, 6.45) is 1.32. The lowest BCUT2D eigenvalue weighted by Crippen LogP contribution is -1.99. The molecule has 0 unspecified atom stereocenters. The number of hydrogen-bond acceptors (Lipinski definition) is 5. The van der Waals surface area contributed by atoms with Crippen molar-refractivity contribution in [2.45, 2.75) is 0 Å². The third-order valence-electron chi connectivity index (χ3n) is 1.90. The van der Waals surface area contributed by atoms with Gasteiger partial charge in [-0.25, -0.2) is 0 Å². The molecule has 0 atom stereocenters. The van der Waals surface area contributed by atoms with E-state index in [1.807, 2.05) is 6.07 Å². The molecular weight excluding hydrogens is 210 g/mol. The predicted molar refractivity (Wildman–Crippen MR) is 52.7 cm³/mol. The van der Waals surface area contributed by atoms with Crippen LogP contribution in [0.1, 0.15) is 5.69 Å². The summed E-state index contributed by atoms with van der Waals surface area (Å²) in [5, 5.41) is 26.7.